The topological polar surface area (TPSA) is 21.1 Å². The van der Waals surface area contributed by atoms with E-state index in [1.807, 2.05) is 0 Å². The molecule has 0 bridgehead atoms. The van der Waals surface area contributed by atoms with Gasteiger partial charge in [-0.2, -0.15) is 0 Å². The monoisotopic (exact) mass is 288 g/mol. The Balaban J connectivity index is 1.40. The number of piperidine rings is 1. The Hall–Kier alpha value is -0.860. The SMILES string of the molecule is c1ccc(C[NH+]2CCC([NH2+]C3CCCCCC3)CC2)cc1. The smallest absolute Gasteiger partial charge is 0.103 e. The molecule has 1 saturated carbocycles. The van der Waals surface area contributed by atoms with E-state index < -0.39 is 0 Å². The molecule has 3 N–H and O–H groups in total. The van der Waals surface area contributed by atoms with Crippen LogP contribution in [0.25, 0.3) is 0 Å². The van der Waals surface area contributed by atoms with Crippen LogP contribution in [0.5, 0.6) is 0 Å². The van der Waals surface area contributed by atoms with Crippen molar-refractivity contribution in [2.45, 2.75) is 70.0 Å². The van der Waals surface area contributed by atoms with Crippen LogP contribution in [-0.4, -0.2) is 25.2 Å². The van der Waals surface area contributed by atoms with Gasteiger partial charge in [-0.1, -0.05) is 43.2 Å². The third-order valence-electron chi connectivity index (χ3n) is 5.48. The van der Waals surface area contributed by atoms with E-state index in [9.17, 15) is 0 Å². The van der Waals surface area contributed by atoms with E-state index >= 15 is 0 Å². The first-order valence-electron chi connectivity index (χ1n) is 9.12. The van der Waals surface area contributed by atoms with Crippen molar-refractivity contribution in [3.63, 3.8) is 0 Å². The second-order valence-electron chi connectivity index (χ2n) is 7.19. The fraction of sp³-hybridized carbons (Fsp3) is 0.684. The largest absolute Gasteiger partial charge is 0.341 e. The lowest BCUT2D eigenvalue weighted by Crippen LogP contribution is -3.14. The van der Waals surface area contributed by atoms with Gasteiger partial charge in [-0.05, 0) is 25.7 Å². The molecule has 2 fully saturated rings. The minimum Gasteiger partial charge on any atom is -0.341 e. The predicted molar refractivity (Wildman–Crippen MR) is 87.3 cm³/mol. The fourth-order valence-electron chi connectivity index (χ4n) is 4.19. The zero-order valence-corrected chi connectivity index (χ0v) is 13.4. The molecule has 0 amide bonds. The van der Waals surface area contributed by atoms with Crippen LogP contribution in [0.3, 0.4) is 0 Å². The fourth-order valence-corrected chi connectivity index (χ4v) is 4.19. The van der Waals surface area contributed by atoms with Crippen LogP contribution in [0, 0.1) is 0 Å². The van der Waals surface area contributed by atoms with Gasteiger partial charge >= 0.3 is 0 Å². The van der Waals surface area contributed by atoms with Crippen molar-refractivity contribution < 1.29 is 10.2 Å². The van der Waals surface area contributed by atoms with Gasteiger partial charge in [0.2, 0.25) is 0 Å². The molecule has 0 atom stereocenters. The number of likely N-dealkylation sites (tertiary alicyclic amines) is 1. The second kappa shape index (κ2) is 7.95. The highest BCUT2D eigenvalue weighted by Crippen LogP contribution is 2.15. The van der Waals surface area contributed by atoms with Crippen molar-refractivity contribution in [1.29, 1.82) is 0 Å². The molecular weight excluding hydrogens is 256 g/mol. The average molecular weight is 288 g/mol. The van der Waals surface area contributed by atoms with Crippen LogP contribution in [-0.2, 0) is 6.54 Å². The van der Waals surface area contributed by atoms with E-state index in [4.69, 9.17) is 0 Å². The number of hydrogen-bond donors (Lipinski definition) is 2. The number of rotatable bonds is 4. The Morgan fingerprint density at radius 1 is 0.810 bits per heavy atom. The third kappa shape index (κ3) is 4.82. The van der Waals surface area contributed by atoms with Gasteiger partial charge in [0.1, 0.15) is 6.54 Å². The van der Waals surface area contributed by atoms with Gasteiger partial charge in [-0.3, -0.25) is 0 Å². The maximum atomic E-state index is 2.75. The summed E-state index contributed by atoms with van der Waals surface area (Å²) in [7, 11) is 0. The summed E-state index contributed by atoms with van der Waals surface area (Å²) in [4.78, 5) is 1.78. The van der Waals surface area contributed by atoms with E-state index in [0.29, 0.717) is 0 Å². The Morgan fingerprint density at radius 3 is 2.10 bits per heavy atom. The summed E-state index contributed by atoms with van der Waals surface area (Å²) < 4.78 is 0. The van der Waals surface area contributed by atoms with Crippen molar-refractivity contribution >= 4 is 0 Å². The number of benzene rings is 1. The molecule has 0 aromatic heterocycles. The lowest BCUT2D eigenvalue weighted by molar-refractivity contribution is -0.927. The first kappa shape index (κ1) is 15.1. The summed E-state index contributed by atoms with van der Waals surface area (Å²) in [5.74, 6) is 0. The molecule has 3 rings (SSSR count). The normalized spacial score (nSPS) is 28.2. The van der Waals surface area contributed by atoms with Crippen molar-refractivity contribution in [2.24, 2.45) is 0 Å². The van der Waals surface area contributed by atoms with E-state index in [0.717, 1.165) is 12.1 Å². The summed E-state index contributed by atoms with van der Waals surface area (Å²) in [5.41, 5.74) is 1.50. The molecule has 1 aliphatic heterocycles. The van der Waals surface area contributed by atoms with Gasteiger partial charge < -0.3 is 10.2 Å². The van der Waals surface area contributed by atoms with Crippen LogP contribution in [0.4, 0.5) is 0 Å². The Morgan fingerprint density at radius 2 is 1.43 bits per heavy atom. The molecule has 1 aliphatic carbocycles. The van der Waals surface area contributed by atoms with Crippen molar-refractivity contribution in [3.8, 4) is 0 Å². The average Bonchev–Trinajstić information content (AvgIpc) is 2.79. The zero-order valence-electron chi connectivity index (χ0n) is 13.4. The summed E-state index contributed by atoms with van der Waals surface area (Å²) in [6.07, 6.45) is 11.7. The maximum absolute atomic E-state index is 2.75. The van der Waals surface area contributed by atoms with Gasteiger partial charge in [0.05, 0.1) is 25.2 Å². The highest BCUT2D eigenvalue weighted by molar-refractivity contribution is 5.13. The summed E-state index contributed by atoms with van der Waals surface area (Å²) >= 11 is 0. The lowest BCUT2D eigenvalue weighted by atomic mass is 10.0. The minimum atomic E-state index is 0.910. The number of nitrogens with one attached hydrogen (secondary N) is 1. The minimum absolute atomic E-state index is 0.910. The summed E-state index contributed by atoms with van der Waals surface area (Å²) in [6.45, 7) is 3.95. The number of nitrogens with two attached hydrogens (primary N) is 1. The lowest BCUT2D eigenvalue weighted by Gasteiger charge is -2.30. The van der Waals surface area contributed by atoms with E-state index in [2.05, 4.69) is 35.6 Å². The van der Waals surface area contributed by atoms with Crippen LogP contribution >= 0.6 is 0 Å². The Kier molecular flexibility index (Phi) is 5.70. The van der Waals surface area contributed by atoms with E-state index in [1.165, 1.54) is 76.6 Å². The molecule has 0 radical (unpaired) electrons. The molecule has 2 nitrogen and oxygen atoms in total. The molecule has 116 valence electrons. The molecule has 0 spiro atoms. The third-order valence-corrected chi connectivity index (χ3v) is 5.48. The molecule has 1 aromatic rings. The van der Waals surface area contributed by atoms with Crippen molar-refractivity contribution in [3.05, 3.63) is 35.9 Å². The molecule has 1 aromatic carbocycles. The Labute approximate surface area is 129 Å². The van der Waals surface area contributed by atoms with Gasteiger partial charge in [0.15, 0.2) is 0 Å². The van der Waals surface area contributed by atoms with Gasteiger partial charge in [0.25, 0.3) is 0 Å². The van der Waals surface area contributed by atoms with Crippen LogP contribution < -0.4 is 10.2 Å². The quantitative estimate of drug-likeness (QED) is 0.784. The summed E-state index contributed by atoms with van der Waals surface area (Å²) in [5, 5.41) is 2.75. The first-order chi connectivity index (χ1) is 10.4. The molecule has 0 unspecified atom stereocenters. The molecule has 2 heteroatoms. The zero-order chi connectivity index (χ0) is 14.3. The highest BCUT2D eigenvalue weighted by Gasteiger charge is 2.27. The van der Waals surface area contributed by atoms with E-state index in [1.54, 1.807) is 4.90 Å². The van der Waals surface area contributed by atoms with Crippen LogP contribution in [0.1, 0.15) is 56.9 Å². The number of quaternary nitrogens is 2. The molecule has 1 heterocycles. The second-order valence-corrected chi connectivity index (χ2v) is 7.19. The Bertz CT molecular complexity index is 387. The standard InChI is InChI=1S/C19H30N2/c1-2-7-11-18(10-6-1)20-19-12-14-21(15-13-19)16-17-8-4-3-5-9-17/h3-5,8-9,18-20H,1-2,6-7,10-16H2/p+2. The van der Waals surface area contributed by atoms with Gasteiger partial charge in [0, 0.05) is 18.4 Å². The molecule has 1 saturated heterocycles. The van der Waals surface area contributed by atoms with E-state index in [-0.39, 0.29) is 0 Å². The van der Waals surface area contributed by atoms with Crippen molar-refractivity contribution in [1.82, 2.24) is 0 Å². The maximum Gasteiger partial charge on any atom is 0.103 e. The van der Waals surface area contributed by atoms with Gasteiger partial charge in [-0.25, -0.2) is 0 Å². The summed E-state index contributed by atoms with van der Waals surface area (Å²) in [6, 6.07) is 12.9. The van der Waals surface area contributed by atoms with Gasteiger partial charge in [-0.15, -0.1) is 0 Å². The van der Waals surface area contributed by atoms with Crippen LogP contribution in [0.2, 0.25) is 0 Å². The highest BCUT2D eigenvalue weighted by atomic mass is 15.1. The molecule has 21 heavy (non-hydrogen) atoms. The van der Waals surface area contributed by atoms with Crippen molar-refractivity contribution in [2.75, 3.05) is 13.1 Å². The molecule has 2 aliphatic rings. The first-order valence-corrected chi connectivity index (χ1v) is 9.12. The number of hydrogen-bond acceptors (Lipinski definition) is 0. The predicted octanol–water partition coefficient (Wildman–Crippen LogP) is 1.52. The molecular formula is C19H32N2+2. The van der Waals surface area contributed by atoms with Crippen LogP contribution in [0.15, 0.2) is 30.3 Å².